The molecule has 9 atom stereocenters. The van der Waals surface area contributed by atoms with E-state index in [1.807, 2.05) is 0 Å². The Morgan fingerprint density at radius 1 is 0.792 bits per heavy atom. The maximum atomic E-state index is 14.0. The van der Waals surface area contributed by atoms with Gasteiger partial charge in [0.2, 0.25) is 5.91 Å². The van der Waals surface area contributed by atoms with Crippen molar-refractivity contribution in [1.29, 1.82) is 0 Å². The maximum Gasteiger partial charge on any atom is 0.303 e. The van der Waals surface area contributed by atoms with Crippen LogP contribution in [0.3, 0.4) is 0 Å². The Morgan fingerprint density at radius 3 is 1.96 bits per heavy atom. The first-order chi connectivity index (χ1) is 22.7. The number of nitrogens with zero attached hydrogens (tertiary/aromatic N) is 2. The van der Waals surface area contributed by atoms with Crippen molar-refractivity contribution in [3.05, 3.63) is 30.3 Å². The molecule has 0 radical (unpaired) electrons. The molecule has 4 rings (SSSR count). The van der Waals surface area contributed by atoms with Gasteiger partial charge in [-0.3, -0.25) is 38.4 Å². The van der Waals surface area contributed by atoms with Gasteiger partial charge >= 0.3 is 29.8 Å². The largest absolute Gasteiger partial charge is 0.462 e. The van der Waals surface area contributed by atoms with Crippen molar-refractivity contribution in [3.8, 4) is 0 Å². The number of carbonyl (C=O) groups is 7. The van der Waals surface area contributed by atoms with E-state index in [1.54, 1.807) is 37.3 Å². The Labute approximate surface area is 275 Å². The number of imide groups is 1. The number of carbonyl (C=O) groups excluding carboxylic acids is 7. The summed E-state index contributed by atoms with van der Waals surface area (Å²) in [6, 6.07) is 7.03. The fraction of sp³-hybridized carbons (Fsp3) is 0.581. The zero-order valence-corrected chi connectivity index (χ0v) is 27.2. The molecule has 0 aliphatic carbocycles. The number of ether oxygens (including phenoxy) is 6. The van der Waals surface area contributed by atoms with Crippen molar-refractivity contribution in [2.24, 2.45) is 11.8 Å². The van der Waals surface area contributed by atoms with E-state index in [9.17, 15) is 33.6 Å². The van der Waals surface area contributed by atoms with Gasteiger partial charge in [0, 0.05) is 53.6 Å². The third-order valence-corrected chi connectivity index (χ3v) is 7.73. The standard InChI is InChI=1S/C31H38N2O15/c1-7-41-23-13-21(25-24-28(48-33(25)47-23)31(40)32(30(24)39)20-11-9-8-10-12-20)26(44-17(4)36)29(46-19(6)38)27(45-18(5)37)22(43-16(3)35)14-42-15(2)34/h8-12,21-29H,7,13-14H2,1-6H3/t21-,22+,23-,24-,25-,26?,27-,28+,29+/m0/s1. The minimum atomic E-state index is -1.74. The van der Waals surface area contributed by atoms with Gasteiger partial charge in [-0.1, -0.05) is 23.4 Å². The zero-order valence-electron chi connectivity index (χ0n) is 27.2. The Morgan fingerprint density at radius 2 is 1.40 bits per heavy atom. The summed E-state index contributed by atoms with van der Waals surface area (Å²) in [5, 5.41) is 0.951. The number of para-hydroxylation sites is 1. The first-order valence-electron chi connectivity index (χ1n) is 15.2. The van der Waals surface area contributed by atoms with Crippen LogP contribution < -0.4 is 4.90 Å². The molecule has 3 fully saturated rings. The third kappa shape index (κ3) is 8.15. The van der Waals surface area contributed by atoms with Crippen LogP contribution in [-0.2, 0) is 71.7 Å². The van der Waals surface area contributed by atoms with Gasteiger partial charge in [0.1, 0.15) is 12.7 Å². The number of anilines is 1. The smallest absolute Gasteiger partial charge is 0.303 e. The predicted octanol–water partition coefficient (Wildman–Crippen LogP) is 0.764. The van der Waals surface area contributed by atoms with Gasteiger partial charge in [0.05, 0.1) is 17.6 Å². The molecule has 0 N–H and O–H groups in total. The fourth-order valence-electron chi connectivity index (χ4n) is 6.16. The van der Waals surface area contributed by atoms with Crippen molar-refractivity contribution < 1.29 is 71.7 Å². The molecule has 2 amide bonds. The van der Waals surface area contributed by atoms with Crippen LogP contribution in [0.2, 0.25) is 0 Å². The molecule has 3 aliphatic rings. The number of hydrogen-bond donors (Lipinski definition) is 0. The molecule has 3 saturated heterocycles. The van der Waals surface area contributed by atoms with Crippen LogP contribution in [-0.4, -0.2) is 103 Å². The number of amides is 2. The number of hydrogen-bond acceptors (Lipinski definition) is 16. The molecule has 48 heavy (non-hydrogen) atoms. The molecule has 262 valence electrons. The van der Waals surface area contributed by atoms with Crippen molar-refractivity contribution in [2.45, 2.75) is 90.8 Å². The van der Waals surface area contributed by atoms with Crippen LogP contribution in [0.1, 0.15) is 48.0 Å². The van der Waals surface area contributed by atoms with E-state index in [1.165, 1.54) is 0 Å². The van der Waals surface area contributed by atoms with Gasteiger partial charge in [-0.2, -0.15) is 0 Å². The van der Waals surface area contributed by atoms with E-state index in [0.29, 0.717) is 5.69 Å². The third-order valence-electron chi connectivity index (χ3n) is 7.73. The molecule has 3 aliphatic heterocycles. The Hall–Kier alpha value is -4.45. The number of fused-ring (bicyclic) bond motifs is 3. The Bertz CT molecular complexity index is 1400. The Balaban J connectivity index is 1.85. The molecule has 3 heterocycles. The van der Waals surface area contributed by atoms with E-state index < -0.39 is 103 Å². The van der Waals surface area contributed by atoms with Crippen molar-refractivity contribution >= 4 is 47.3 Å². The monoisotopic (exact) mass is 678 g/mol. The summed E-state index contributed by atoms with van der Waals surface area (Å²) in [6.45, 7) is 6.50. The van der Waals surface area contributed by atoms with Crippen LogP contribution in [0, 0.1) is 11.8 Å². The Kier molecular flexibility index (Phi) is 11.9. The first kappa shape index (κ1) is 36.4. The van der Waals surface area contributed by atoms with Gasteiger partial charge in [0.25, 0.3) is 5.91 Å². The summed E-state index contributed by atoms with van der Waals surface area (Å²) in [4.78, 5) is 102. The number of rotatable bonds is 13. The van der Waals surface area contributed by atoms with Gasteiger partial charge < -0.3 is 28.4 Å². The van der Waals surface area contributed by atoms with Gasteiger partial charge in [-0.05, 0) is 19.1 Å². The molecule has 1 aromatic rings. The van der Waals surface area contributed by atoms with Crippen LogP contribution in [0.15, 0.2) is 30.3 Å². The molecule has 1 aromatic carbocycles. The highest BCUT2D eigenvalue weighted by Crippen LogP contribution is 2.47. The van der Waals surface area contributed by atoms with E-state index in [0.717, 1.165) is 44.7 Å². The molecule has 17 nitrogen and oxygen atoms in total. The quantitative estimate of drug-likeness (QED) is 0.161. The second kappa shape index (κ2) is 15.6. The molecule has 1 unspecified atom stereocenters. The molecule has 0 saturated carbocycles. The predicted molar refractivity (Wildman–Crippen MR) is 156 cm³/mol. The first-order valence-corrected chi connectivity index (χ1v) is 15.2. The molecule has 17 heteroatoms. The average molecular weight is 679 g/mol. The van der Waals surface area contributed by atoms with E-state index in [2.05, 4.69) is 0 Å². The minimum Gasteiger partial charge on any atom is -0.462 e. The molecule has 0 spiro atoms. The van der Waals surface area contributed by atoms with Crippen molar-refractivity contribution in [2.75, 3.05) is 18.1 Å². The van der Waals surface area contributed by atoms with Gasteiger partial charge in [-0.25, -0.2) is 9.74 Å². The van der Waals surface area contributed by atoms with Crippen LogP contribution in [0.25, 0.3) is 0 Å². The fourth-order valence-corrected chi connectivity index (χ4v) is 6.16. The van der Waals surface area contributed by atoms with Crippen molar-refractivity contribution in [1.82, 2.24) is 5.23 Å². The van der Waals surface area contributed by atoms with Crippen LogP contribution >= 0.6 is 0 Å². The second-order valence-corrected chi connectivity index (χ2v) is 11.2. The zero-order chi connectivity index (χ0) is 35.3. The highest BCUT2D eigenvalue weighted by molar-refractivity contribution is 6.23. The van der Waals surface area contributed by atoms with E-state index in [4.69, 9.17) is 38.1 Å². The number of benzene rings is 1. The van der Waals surface area contributed by atoms with E-state index in [-0.39, 0.29) is 13.0 Å². The molecular weight excluding hydrogens is 640 g/mol. The normalized spacial score (nSPS) is 26.0. The second-order valence-electron chi connectivity index (χ2n) is 11.2. The highest BCUT2D eigenvalue weighted by Gasteiger charge is 2.66. The lowest BCUT2D eigenvalue weighted by Gasteiger charge is -2.45. The average Bonchev–Trinajstić information content (AvgIpc) is 3.50. The lowest BCUT2D eigenvalue weighted by molar-refractivity contribution is -0.444. The summed E-state index contributed by atoms with van der Waals surface area (Å²) in [7, 11) is 0. The van der Waals surface area contributed by atoms with Gasteiger partial charge in [0.15, 0.2) is 30.7 Å². The summed E-state index contributed by atoms with van der Waals surface area (Å²) in [5.41, 5.74) is 0.302. The van der Waals surface area contributed by atoms with Crippen LogP contribution in [0.4, 0.5) is 5.69 Å². The molecular formula is C31H38N2O15. The van der Waals surface area contributed by atoms with Gasteiger partial charge in [-0.15, -0.1) is 0 Å². The topological polar surface area (TPSA) is 200 Å². The lowest BCUT2D eigenvalue weighted by Crippen LogP contribution is -2.61. The minimum absolute atomic E-state index is 0.112. The number of hydroxylamine groups is 2. The van der Waals surface area contributed by atoms with Crippen molar-refractivity contribution in [3.63, 3.8) is 0 Å². The van der Waals surface area contributed by atoms with E-state index >= 15 is 0 Å². The highest BCUT2D eigenvalue weighted by atomic mass is 17.0. The maximum absolute atomic E-state index is 14.0. The summed E-state index contributed by atoms with van der Waals surface area (Å²) in [6.07, 6.45) is -9.14. The summed E-state index contributed by atoms with van der Waals surface area (Å²) >= 11 is 0. The molecule has 0 bridgehead atoms. The molecule has 0 aromatic heterocycles. The summed E-state index contributed by atoms with van der Waals surface area (Å²) < 4.78 is 33.1. The SMILES string of the molecule is CCO[C@@H]1C[C@H](C(OC(C)=O)[C@@H](OC(C)=O)[C@@H](OC(C)=O)[C@@H](COC(C)=O)OC(C)=O)[C@H]2[C@@H]3C(=O)N(c4ccccc4)C(=O)[C@@H]3ON2O1. The number of esters is 5. The summed E-state index contributed by atoms with van der Waals surface area (Å²) in [5.74, 6) is -7.95. The van der Waals surface area contributed by atoms with Crippen LogP contribution in [0.5, 0.6) is 0 Å². The lowest BCUT2D eigenvalue weighted by atomic mass is 9.78.